The van der Waals surface area contributed by atoms with Crippen molar-refractivity contribution in [2.24, 2.45) is 0 Å². The van der Waals surface area contributed by atoms with E-state index in [1.54, 1.807) is 0 Å². The maximum atomic E-state index is 13.0. The average Bonchev–Trinajstić information content (AvgIpc) is 2.59. The van der Waals surface area contributed by atoms with Crippen LogP contribution in [-0.2, 0) is 16.2 Å². The van der Waals surface area contributed by atoms with Crippen LogP contribution in [0.25, 0.3) is 0 Å². The monoisotopic (exact) mass is 426 g/mol. The molecule has 0 spiro atoms. The van der Waals surface area contributed by atoms with Crippen LogP contribution < -0.4 is 10.0 Å². The second kappa shape index (κ2) is 7.80. The molecule has 0 aromatic heterocycles. The minimum absolute atomic E-state index is 0.0447. The van der Waals surface area contributed by atoms with Gasteiger partial charge in [0.1, 0.15) is 6.54 Å². The molecule has 0 aliphatic rings. The van der Waals surface area contributed by atoms with Crippen molar-refractivity contribution in [1.29, 1.82) is 0 Å². The summed E-state index contributed by atoms with van der Waals surface area (Å²) in [6.45, 7) is -1.76. The van der Waals surface area contributed by atoms with Gasteiger partial charge in [-0.2, -0.15) is 26.3 Å². The number of alkyl halides is 6. The van der Waals surface area contributed by atoms with Gasteiger partial charge in [-0.15, -0.1) is 0 Å². The number of sulfonamides is 1. The quantitative estimate of drug-likeness (QED) is 0.715. The van der Waals surface area contributed by atoms with Crippen LogP contribution in [0, 0.1) is 0 Å². The Morgan fingerprint density at radius 1 is 0.893 bits per heavy atom. The van der Waals surface area contributed by atoms with Crippen molar-refractivity contribution in [3.05, 3.63) is 59.7 Å². The summed E-state index contributed by atoms with van der Waals surface area (Å²) in [4.78, 5) is 11.6. The summed E-state index contributed by atoms with van der Waals surface area (Å²) in [6.07, 6.45) is -9.50. The smallest absolute Gasteiger partial charge is 0.322 e. The second-order valence-electron chi connectivity index (χ2n) is 5.46. The number of hydrogen-bond acceptors (Lipinski definition) is 3. The highest BCUT2D eigenvalue weighted by molar-refractivity contribution is 7.89. The molecule has 0 saturated heterocycles. The number of benzene rings is 2. The molecular formula is C16H12F6N2O3S. The van der Waals surface area contributed by atoms with Gasteiger partial charge < -0.3 is 5.32 Å². The Balaban J connectivity index is 2.16. The first-order valence-corrected chi connectivity index (χ1v) is 8.92. The van der Waals surface area contributed by atoms with E-state index in [0.29, 0.717) is 0 Å². The maximum absolute atomic E-state index is 13.0. The molecule has 0 aliphatic heterocycles. The van der Waals surface area contributed by atoms with Gasteiger partial charge in [-0.3, -0.25) is 4.79 Å². The Morgan fingerprint density at radius 3 is 2.00 bits per heavy atom. The third kappa shape index (κ3) is 5.70. The molecule has 2 aromatic carbocycles. The van der Waals surface area contributed by atoms with Crippen LogP contribution in [0.2, 0.25) is 0 Å². The van der Waals surface area contributed by atoms with Crippen LogP contribution in [0.4, 0.5) is 32.0 Å². The molecule has 0 aliphatic carbocycles. The molecule has 0 radical (unpaired) electrons. The Labute approximate surface area is 155 Å². The number of hydrogen-bond donors (Lipinski definition) is 2. The molecule has 0 heterocycles. The van der Waals surface area contributed by atoms with Gasteiger partial charge in [0.25, 0.3) is 5.91 Å². The molecule has 28 heavy (non-hydrogen) atoms. The first-order chi connectivity index (χ1) is 12.8. The molecule has 1 amide bonds. The summed E-state index contributed by atoms with van der Waals surface area (Å²) in [5, 5.41) is 2.17. The summed E-state index contributed by atoms with van der Waals surface area (Å²) >= 11 is 0. The van der Waals surface area contributed by atoms with E-state index in [2.05, 4.69) is 5.32 Å². The van der Waals surface area contributed by atoms with Crippen LogP contribution in [0.5, 0.6) is 0 Å². The maximum Gasteiger partial charge on any atom is 0.417 e. The Bertz CT molecular complexity index is 954. The van der Waals surface area contributed by atoms with Crippen molar-refractivity contribution in [1.82, 2.24) is 4.72 Å². The highest BCUT2D eigenvalue weighted by Crippen LogP contribution is 2.32. The van der Waals surface area contributed by atoms with Crippen LogP contribution in [-0.4, -0.2) is 27.0 Å². The van der Waals surface area contributed by atoms with Gasteiger partial charge >= 0.3 is 12.4 Å². The molecule has 0 bridgehead atoms. The second-order valence-corrected chi connectivity index (χ2v) is 7.23. The Morgan fingerprint density at radius 2 is 1.46 bits per heavy atom. The summed E-state index contributed by atoms with van der Waals surface area (Å²) in [7, 11) is -4.45. The molecule has 0 fully saturated rings. The number of carbonyl (C=O) groups is 1. The number of anilines is 1. The zero-order chi connectivity index (χ0) is 21.2. The summed E-state index contributed by atoms with van der Waals surface area (Å²) < 4.78 is 100. The molecule has 0 atom stereocenters. The molecule has 152 valence electrons. The van der Waals surface area contributed by atoms with Crippen LogP contribution >= 0.6 is 0 Å². The minimum atomic E-state index is -4.75. The number of nitrogens with one attached hydrogen (secondary N) is 2. The molecule has 2 aromatic rings. The Kier molecular flexibility index (Phi) is 6.04. The van der Waals surface area contributed by atoms with E-state index in [4.69, 9.17) is 0 Å². The normalized spacial score (nSPS) is 12.6. The fourth-order valence-electron chi connectivity index (χ4n) is 2.10. The van der Waals surface area contributed by atoms with E-state index >= 15 is 0 Å². The first-order valence-electron chi connectivity index (χ1n) is 7.44. The van der Waals surface area contributed by atoms with Gasteiger partial charge in [0.15, 0.2) is 0 Å². The van der Waals surface area contributed by atoms with E-state index in [9.17, 15) is 39.6 Å². The summed E-state index contributed by atoms with van der Waals surface area (Å²) in [5.41, 5.74) is -1.83. The predicted molar refractivity (Wildman–Crippen MR) is 87.1 cm³/mol. The van der Waals surface area contributed by atoms with Gasteiger partial charge in [0, 0.05) is 5.69 Å². The van der Waals surface area contributed by atoms with E-state index in [1.165, 1.54) is 10.8 Å². The largest absolute Gasteiger partial charge is 0.417 e. The van der Waals surface area contributed by atoms with Gasteiger partial charge in [-0.1, -0.05) is 12.1 Å². The summed E-state index contributed by atoms with van der Waals surface area (Å²) in [6, 6.07) is 7.95. The lowest BCUT2D eigenvalue weighted by molar-refractivity contribution is -0.137. The van der Waals surface area contributed by atoms with Crippen LogP contribution in [0.1, 0.15) is 15.9 Å². The van der Waals surface area contributed by atoms with Crippen LogP contribution in [0.3, 0.4) is 0 Å². The lowest BCUT2D eigenvalue weighted by atomic mass is 10.1. The van der Waals surface area contributed by atoms with Gasteiger partial charge in [0.05, 0.1) is 16.0 Å². The van der Waals surface area contributed by atoms with E-state index in [0.717, 1.165) is 42.5 Å². The average molecular weight is 426 g/mol. The molecule has 2 rings (SSSR count). The van der Waals surface area contributed by atoms with Gasteiger partial charge in [-0.25, -0.2) is 13.1 Å². The molecule has 2 N–H and O–H groups in total. The van der Waals surface area contributed by atoms with Crippen molar-refractivity contribution >= 4 is 21.6 Å². The predicted octanol–water partition coefficient (Wildman–Crippen LogP) is 3.80. The molecular weight excluding hydrogens is 414 g/mol. The number of amides is 1. The van der Waals surface area contributed by atoms with Crippen molar-refractivity contribution in [2.45, 2.75) is 17.2 Å². The fourth-order valence-corrected chi connectivity index (χ4v) is 3.12. The molecule has 0 unspecified atom stereocenters. The lowest BCUT2D eigenvalue weighted by Crippen LogP contribution is -2.33. The molecule has 0 saturated carbocycles. The molecule has 5 nitrogen and oxygen atoms in total. The molecule has 12 heteroatoms. The van der Waals surface area contributed by atoms with E-state index in [-0.39, 0.29) is 5.69 Å². The lowest BCUT2D eigenvalue weighted by Gasteiger charge is -2.13. The van der Waals surface area contributed by atoms with Crippen molar-refractivity contribution < 1.29 is 39.6 Å². The third-order valence-corrected chi connectivity index (χ3v) is 4.78. The zero-order valence-corrected chi connectivity index (χ0v) is 14.5. The highest BCUT2D eigenvalue weighted by atomic mass is 32.2. The standard InChI is InChI=1S/C16H12F6N2O3S/c17-15(18,19)9-23-28(26,27)11-7-5-10(6-8-11)24-14(25)12-3-1-2-4-13(12)16(20,21)22/h1-8,23H,9H2,(H,24,25). The topological polar surface area (TPSA) is 75.3 Å². The van der Waals surface area contributed by atoms with Crippen LogP contribution in [0.15, 0.2) is 53.4 Å². The van der Waals surface area contributed by atoms with E-state index in [1.807, 2.05) is 0 Å². The zero-order valence-electron chi connectivity index (χ0n) is 13.7. The minimum Gasteiger partial charge on any atom is -0.322 e. The van der Waals surface area contributed by atoms with Crippen molar-refractivity contribution in [3.63, 3.8) is 0 Å². The number of rotatable bonds is 5. The summed E-state index contributed by atoms with van der Waals surface area (Å²) in [5.74, 6) is -1.08. The van der Waals surface area contributed by atoms with Gasteiger partial charge in [-0.05, 0) is 36.4 Å². The third-order valence-electron chi connectivity index (χ3n) is 3.36. The fraction of sp³-hybridized carbons (Fsp3) is 0.188. The van der Waals surface area contributed by atoms with Crippen molar-refractivity contribution in [3.8, 4) is 0 Å². The number of halogens is 6. The Hall–Kier alpha value is -2.60. The SMILES string of the molecule is O=C(Nc1ccc(S(=O)(=O)NCC(F)(F)F)cc1)c1ccccc1C(F)(F)F. The van der Waals surface area contributed by atoms with Crippen molar-refractivity contribution in [2.75, 3.05) is 11.9 Å². The number of carbonyl (C=O) groups excluding carboxylic acids is 1. The highest BCUT2D eigenvalue weighted by Gasteiger charge is 2.35. The van der Waals surface area contributed by atoms with E-state index < -0.39 is 50.9 Å². The van der Waals surface area contributed by atoms with Gasteiger partial charge in [0.2, 0.25) is 10.0 Å². The first kappa shape index (κ1) is 21.7.